The van der Waals surface area contributed by atoms with Crippen molar-refractivity contribution in [3.63, 3.8) is 0 Å². The van der Waals surface area contributed by atoms with E-state index in [0.29, 0.717) is 6.42 Å². The number of aliphatic hydroxyl groups is 2. The van der Waals surface area contributed by atoms with Crippen LogP contribution in [-0.2, 0) is 9.47 Å². The lowest BCUT2D eigenvalue weighted by molar-refractivity contribution is -0.254. The van der Waals surface area contributed by atoms with Crippen LogP contribution in [0, 0.1) is 0 Å². The molecule has 1 fully saturated rings. The van der Waals surface area contributed by atoms with Crippen LogP contribution in [0.3, 0.4) is 0 Å². The Balaban J connectivity index is 2.51. The molecular weight excluding hydrogens is 148 g/mol. The Morgan fingerprint density at radius 3 is 2.64 bits per heavy atom. The van der Waals surface area contributed by atoms with E-state index in [4.69, 9.17) is 9.47 Å². The summed E-state index contributed by atoms with van der Waals surface area (Å²) in [4.78, 5) is 0. The van der Waals surface area contributed by atoms with Crippen molar-refractivity contribution in [2.45, 2.75) is 37.9 Å². The molecule has 1 aliphatic rings. The molecule has 0 aromatic rings. The second-order valence-electron chi connectivity index (χ2n) is 2.84. The molecule has 0 spiro atoms. The van der Waals surface area contributed by atoms with E-state index in [-0.39, 0.29) is 6.10 Å². The maximum Gasteiger partial charge on any atom is 0.185 e. The van der Waals surface area contributed by atoms with Crippen molar-refractivity contribution in [2.24, 2.45) is 0 Å². The Labute approximate surface area is 65.7 Å². The zero-order valence-electron chi connectivity index (χ0n) is 6.73. The van der Waals surface area contributed by atoms with E-state index in [1.807, 2.05) is 6.92 Å². The van der Waals surface area contributed by atoms with Gasteiger partial charge in [0, 0.05) is 13.5 Å². The maximum atomic E-state index is 9.26. The zero-order valence-corrected chi connectivity index (χ0v) is 6.73. The van der Waals surface area contributed by atoms with Gasteiger partial charge in [-0.05, 0) is 6.92 Å². The molecule has 0 unspecified atom stereocenters. The first-order valence-corrected chi connectivity index (χ1v) is 3.69. The molecule has 2 N–H and O–H groups in total. The van der Waals surface area contributed by atoms with E-state index in [1.165, 1.54) is 7.11 Å². The van der Waals surface area contributed by atoms with Gasteiger partial charge >= 0.3 is 0 Å². The number of hydrogen-bond acceptors (Lipinski definition) is 4. The quantitative estimate of drug-likeness (QED) is 0.545. The SMILES string of the molecule is CO[C@@H]1O[C@@H](C)C[C@@H](O)[C@@H]1O. The van der Waals surface area contributed by atoms with Crippen LogP contribution in [0.4, 0.5) is 0 Å². The minimum atomic E-state index is -0.920. The highest BCUT2D eigenvalue weighted by Crippen LogP contribution is 2.19. The summed E-state index contributed by atoms with van der Waals surface area (Å²) in [5.74, 6) is 0. The van der Waals surface area contributed by atoms with Gasteiger partial charge in [-0.25, -0.2) is 0 Å². The molecule has 11 heavy (non-hydrogen) atoms. The molecule has 4 atom stereocenters. The molecule has 0 amide bonds. The number of ether oxygens (including phenoxy) is 2. The number of hydrogen-bond donors (Lipinski definition) is 2. The molecule has 1 rings (SSSR count). The van der Waals surface area contributed by atoms with Gasteiger partial charge in [-0.1, -0.05) is 0 Å². The second-order valence-corrected chi connectivity index (χ2v) is 2.84. The molecule has 1 aliphatic heterocycles. The van der Waals surface area contributed by atoms with Crippen molar-refractivity contribution in [1.29, 1.82) is 0 Å². The smallest absolute Gasteiger partial charge is 0.185 e. The van der Waals surface area contributed by atoms with Crippen molar-refractivity contribution >= 4 is 0 Å². The molecule has 0 aromatic carbocycles. The minimum Gasteiger partial charge on any atom is -0.390 e. The van der Waals surface area contributed by atoms with E-state index in [9.17, 15) is 10.2 Å². The number of rotatable bonds is 1. The normalized spacial score (nSPS) is 45.8. The van der Waals surface area contributed by atoms with Gasteiger partial charge in [0.25, 0.3) is 0 Å². The Hall–Kier alpha value is -0.160. The van der Waals surface area contributed by atoms with Crippen molar-refractivity contribution in [3.8, 4) is 0 Å². The first kappa shape index (κ1) is 8.93. The van der Waals surface area contributed by atoms with E-state index in [1.54, 1.807) is 0 Å². The Bertz CT molecular complexity index is 128. The molecular formula is C7H14O4. The van der Waals surface area contributed by atoms with E-state index < -0.39 is 18.5 Å². The maximum absolute atomic E-state index is 9.26. The fourth-order valence-corrected chi connectivity index (χ4v) is 1.22. The third-order valence-electron chi connectivity index (χ3n) is 1.85. The van der Waals surface area contributed by atoms with Gasteiger partial charge in [-0.15, -0.1) is 0 Å². The van der Waals surface area contributed by atoms with Crippen LogP contribution in [0.15, 0.2) is 0 Å². The molecule has 0 bridgehead atoms. The average Bonchev–Trinajstić information content (AvgIpc) is 1.96. The highest BCUT2D eigenvalue weighted by Gasteiger charge is 2.34. The van der Waals surface area contributed by atoms with Gasteiger partial charge < -0.3 is 19.7 Å². The van der Waals surface area contributed by atoms with Crippen LogP contribution in [0.25, 0.3) is 0 Å². The lowest BCUT2D eigenvalue weighted by Crippen LogP contribution is -2.48. The number of methoxy groups -OCH3 is 1. The van der Waals surface area contributed by atoms with Crippen LogP contribution in [0.5, 0.6) is 0 Å². The first-order chi connectivity index (χ1) is 5.15. The predicted octanol–water partition coefficient (Wildman–Crippen LogP) is -0.510. The molecule has 1 saturated heterocycles. The highest BCUT2D eigenvalue weighted by atomic mass is 16.7. The van der Waals surface area contributed by atoms with Crippen LogP contribution in [0.2, 0.25) is 0 Å². The predicted molar refractivity (Wildman–Crippen MR) is 38.0 cm³/mol. The zero-order chi connectivity index (χ0) is 8.43. The topological polar surface area (TPSA) is 58.9 Å². The summed E-state index contributed by atoms with van der Waals surface area (Å²) in [6.45, 7) is 1.83. The lowest BCUT2D eigenvalue weighted by atomic mass is 10.0. The van der Waals surface area contributed by atoms with Gasteiger partial charge in [0.15, 0.2) is 6.29 Å². The molecule has 4 heteroatoms. The van der Waals surface area contributed by atoms with E-state index in [2.05, 4.69) is 0 Å². The Morgan fingerprint density at radius 2 is 2.09 bits per heavy atom. The summed E-state index contributed by atoms with van der Waals surface area (Å²) in [6.07, 6.45) is -1.94. The van der Waals surface area contributed by atoms with Crippen molar-refractivity contribution < 1.29 is 19.7 Å². The molecule has 4 nitrogen and oxygen atoms in total. The summed E-state index contributed by atoms with van der Waals surface area (Å²) < 4.78 is 10.00. The average molecular weight is 162 g/mol. The van der Waals surface area contributed by atoms with Crippen molar-refractivity contribution in [1.82, 2.24) is 0 Å². The van der Waals surface area contributed by atoms with E-state index >= 15 is 0 Å². The first-order valence-electron chi connectivity index (χ1n) is 3.69. The third kappa shape index (κ3) is 1.90. The summed E-state index contributed by atoms with van der Waals surface area (Å²) in [7, 11) is 1.44. The molecule has 0 aliphatic carbocycles. The lowest BCUT2D eigenvalue weighted by Gasteiger charge is -2.34. The summed E-state index contributed by atoms with van der Waals surface area (Å²) >= 11 is 0. The second kappa shape index (κ2) is 3.49. The van der Waals surface area contributed by atoms with Gasteiger partial charge in [-0.3, -0.25) is 0 Å². The van der Waals surface area contributed by atoms with E-state index in [0.717, 1.165) is 0 Å². The van der Waals surface area contributed by atoms with Gasteiger partial charge in [0.2, 0.25) is 0 Å². The monoisotopic (exact) mass is 162 g/mol. The van der Waals surface area contributed by atoms with Gasteiger partial charge in [0.05, 0.1) is 12.2 Å². The molecule has 0 radical (unpaired) electrons. The van der Waals surface area contributed by atoms with Gasteiger partial charge in [0.1, 0.15) is 6.10 Å². The fourth-order valence-electron chi connectivity index (χ4n) is 1.22. The third-order valence-corrected chi connectivity index (χ3v) is 1.85. The minimum absolute atomic E-state index is 0.0571. The van der Waals surface area contributed by atoms with Crippen LogP contribution >= 0.6 is 0 Å². The number of aliphatic hydroxyl groups excluding tert-OH is 2. The van der Waals surface area contributed by atoms with Crippen LogP contribution in [0.1, 0.15) is 13.3 Å². The highest BCUT2D eigenvalue weighted by molar-refractivity contribution is 4.78. The summed E-state index contributed by atoms with van der Waals surface area (Å²) in [6, 6.07) is 0. The fraction of sp³-hybridized carbons (Fsp3) is 1.00. The Kier molecular flexibility index (Phi) is 2.84. The summed E-state index contributed by atoms with van der Waals surface area (Å²) in [5.41, 5.74) is 0. The molecule has 1 heterocycles. The van der Waals surface area contributed by atoms with Crippen molar-refractivity contribution in [2.75, 3.05) is 7.11 Å². The van der Waals surface area contributed by atoms with Gasteiger partial charge in [-0.2, -0.15) is 0 Å². The summed E-state index contributed by atoms with van der Waals surface area (Å²) in [5, 5.41) is 18.5. The van der Waals surface area contributed by atoms with Crippen LogP contribution < -0.4 is 0 Å². The van der Waals surface area contributed by atoms with Crippen LogP contribution in [-0.4, -0.2) is 41.9 Å². The van der Waals surface area contributed by atoms with Crippen molar-refractivity contribution in [3.05, 3.63) is 0 Å². The molecule has 0 aromatic heterocycles. The Morgan fingerprint density at radius 1 is 1.45 bits per heavy atom. The standard InChI is InChI=1S/C7H14O4/c1-4-3-5(8)6(9)7(10-2)11-4/h4-9H,3H2,1-2H3/t4-,5+,6-,7+/m0/s1. The largest absolute Gasteiger partial charge is 0.390 e. The molecule has 66 valence electrons. The molecule has 0 saturated carbocycles.